The zero-order valence-corrected chi connectivity index (χ0v) is 11.0. The van der Waals surface area contributed by atoms with Crippen molar-refractivity contribution in [3.05, 3.63) is 70.5 Å². The van der Waals surface area contributed by atoms with Gasteiger partial charge in [-0.25, -0.2) is 4.98 Å². The molecule has 0 atom stereocenters. The quantitative estimate of drug-likeness (QED) is 0.359. The molecular weight excluding hydrogens is 248 g/mol. The van der Waals surface area contributed by atoms with Gasteiger partial charge in [-0.15, -0.1) is 0 Å². The van der Waals surface area contributed by atoms with E-state index in [4.69, 9.17) is 0 Å². The molecule has 20 heavy (non-hydrogen) atoms. The average Bonchev–Trinajstić information content (AvgIpc) is 2.47. The van der Waals surface area contributed by atoms with Crippen LogP contribution in [0, 0.1) is 6.92 Å². The van der Waals surface area contributed by atoms with Crippen molar-refractivity contribution < 1.29 is 0 Å². The van der Waals surface area contributed by atoms with Crippen LogP contribution in [0.25, 0.3) is 27.5 Å². The second kappa shape index (κ2) is 3.90. The van der Waals surface area contributed by atoms with Gasteiger partial charge >= 0.3 is 0 Å². The minimum atomic E-state index is -0.0122. The Morgan fingerprint density at radius 3 is 2.50 bits per heavy atom. The largest absolute Gasteiger partial charge is 0.268 e. The molecule has 0 bridgehead atoms. The van der Waals surface area contributed by atoms with Crippen molar-refractivity contribution in [2.45, 2.75) is 6.92 Å². The van der Waals surface area contributed by atoms with Gasteiger partial charge in [0.15, 0.2) is 0 Å². The first-order valence-electron chi connectivity index (χ1n) is 6.55. The van der Waals surface area contributed by atoms with Crippen molar-refractivity contribution in [3.63, 3.8) is 0 Å². The number of hydrogen-bond donors (Lipinski definition) is 0. The highest BCUT2D eigenvalue weighted by Gasteiger charge is 2.09. The number of para-hydroxylation sites is 2. The molecule has 0 amide bonds. The summed E-state index contributed by atoms with van der Waals surface area (Å²) in [5, 5.41) is 1.73. The van der Waals surface area contributed by atoms with Gasteiger partial charge in [-0.1, -0.05) is 30.3 Å². The van der Waals surface area contributed by atoms with Crippen LogP contribution in [-0.4, -0.2) is 9.38 Å². The summed E-state index contributed by atoms with van der Waals surface area (Å²) in [6.07, 6.45) is 0. The molecule has 2 heterocycles. The van der Waals surface area contributed by atoms with Crippen LogP contribution in [0.3, 0.4) is 0 Å². The first-order chi connectivity index (χ1) is 9.75. The average molecular weight is 260 g/mol. The van der Waals surface area contributed by atoms with Crippen molar-refractivity contribution in [2.24, 2.45) is 0 Å². The fraction of sp³-hybridized carbons (Fsp3) is 0.0588. The van der Waals surface area contributed by atoms with Crippen LogP contribution in [-0.2, 0) is 0 Å². The molecule has 2 aromatic heterocycles. The van der Waals surface area contributed by atoms with Gasteiger partial charge in [0.2, 0.25) is 0 Å². The molecule has 3 nitrogen and oxygen atoms in total. The van der Waals surface area contributed by atoms with Crippen LogP contribution >= 0.6 is 0 Å². The molecule has 3 heteroatoms. The predicted molar refractivity (Wildman–Crippen MR) is 81.2 cm³/mol. The lowest BCUT2D eigenvalue weighted by molar-refractivity contribution is 1.12. The van der Waals surface area contributed by atoms with Crippen molar-refractivity contribution in [1.29, 1.82) is 0 Å². The van der Waals surface area contributed by atoms with E-state index >= 15 is 0 Å². The Morgan fingerprint density at radius 1 is 0.950 bits per heavy atom. The number of hydrogen-bond acceptors (Lipinski definition) is 2. The van der Waals surface area contributed by atoms with Crippen LogP contribution in [0.1, 0.15) is 5.56 Å². The van der Waals surface area contributed by atoms with Gasteiger partial charge < -0.3 is 0 Å². The maximum Gasteiger partial charge on any atom is 0.266 e. The van der Waals surface area contributed by atoms with E-state index in [1.54, 1.807) is 4.40 Å². The minimum Gasteiger partial charge on any atom is -0.268 e. The molecule has 0 saturated heterocycles. The molecule has 2 aromatic carbocycles. The summed E-state index contributed by atoms with van der Waals surface area (Å²) in [6, 6.07) is 17.4. The molecule has 0 saturated carbocycles. The lowest BCUT2D eigenvalue weighted by Crippen LogP contribution is -2.16. The summed E-state index contributed by atoms with van der Waals surface area (Å²) in [6.45, 7) is 2.05. The maximum atomic E-state index is 12.7. The highest BCUT2D eigenvalue weighted by atomic mass is 16.1. The molecule has 0 N–H and O–H groups in total. The molecule has 4 rings (SSSR count). The normalized spacial score (nSPS) is 11.4. The molecule has 0 fully saturated rings. The third-order valence-corrected chi connectivity index (χ3v) is 3.72. The lowest BCUT2D eigenvalue weighted by Gasteiger charge is -2.09. The minimum absolute atomic E-state index is 0.0122. The highest BCUT2D eigenvalue weighted by Crippen LogP contribution is 2.20. The number of pyridine rings is 1. The summed E-state index contributed by atoms with van der Waals surface area (Å²) >= 11 is 0. The second-order valence-electron chi connectivity index (χ2n) is 4.97. The van der Waals surface area contributed by atoms with Crippen LogP contribution in [0.15, 0.2) is 59.4 Å². The Kier molecular flexibility index (Phi) is 2.18. The maximum absolute atomic E-state index is 12.7. The Morgan fingerprint density at radius 2 is 1.65 bits per heavy atom. The monoisotopic (exact) mass is 260 g/mol. The van der Waals surface area contributed by atoms with Gasteiger partial charge in [-0.3, -0.25) is 9.20 Å². The fourth-order valence-corrected chi connectivity index (χ4v) is 2.75. The van der Waals surface area contributed by atoms with E-state index in [1.807, 2.05) is 61.5 Å². The number of fused-ring (bicyclic) bond motifs is 4. The molecule has 0 aliphatic carbocycles. The molecular formula is C17H12N2O. The number of nitrogens with zero attached hydrogens (tertiary/aromatic N) is 2. The Bertz CT molecular complexity index is 1030. The van der Waals surface area contributed by atoms with Crippen LogP contribution < -0.4 is 5.56 Å². The van der Waals surface area contributed by atoms with Crippen molar-refractivity contribution in [2.75, 3.05) is 0 Å². The number of aryl methyl sites for hydroxylation is 1. The van der Waals surface area contributed by atoms with E-state index in [9.17, 15) is 4.79 Å². The van der Waals surface area contributed by atoms with E-state index in [-0.39, 0.29) is 5.56 Å². The highest BCUT2D eigenvalue weighted by molar-refractivity contribution is 5.88. The summed E-state index contributed by atoms with van der Waals surface area (Å²) in [5.41, 5.74) is 3.47. The van der Waals surface area contributed by atoms with Gasteiger partial charge in [-0.2, -0.15) is 0 Å². The standard InChI is InChI=1S/C17H12N2O/c1-11-10-16-18-14-8-4-2-7-13(14)17(20)19(16)15-9-5-3-6-12(11)15/h2-10H,1H3. The Hall–Kier alpha value is -2.68. The SMILES string of the molecule is Cc1cc2nc3ccccc3c(=O)n2c2ccccc12. The summed E-state index contributed by atoms with van der Waals surface area (Å²) in [7, 11) is 0. The van der Waals surface area contributed by atoms with Gasteiger partial charge in [-0.05, 0) is 36.8 Å². The second-order valence-corrected chi connectivity index (χ2v) is 4.97. The third kappa shape index (κ3) is 1.40. The zero-order chi connectivity index (χ0) is 13.7. The molecule has 0 aliphatic rings. The topological polar surface area (TPSA) is 34.4 Å². The smallest absolute Gasteiger partial charge is 0.266 e. The van der Waals surface area contributed by atoms with Crippen LogP contribution in [0.2, 0.25) is 0 Å². The van der Waals surface area contributed by atoms with Gasteiger partial charge in [0.25, 0.3) is 5.56 Å². The number of benzene rings is 2. The Balaban J connectivity index is 2.39. The van der Waals surface area contributed by atoms with Gasteiger partial charge in [0.05, 0.1) is 16.4 Å². The summed E-state index contributed by atoms with van der Waals surface area (Å²) < 4.78 is 1.70. The van der Waals surface area contributed by atoms with E-state index in [0.29, 0.717) is 11.0 Å². The number of rotatable bonds is 0. The van der Waals surface area contributed by atoms with Gasteiger partial charge in [0, 0.05) is 5.39 Å². The first kappa shape index (κ1) is 11.2. The van der Waals surface area contributed by atoms with Crippen molar-refractivity contribution in [1.82, 2.24) is 9.38 Å². The first-order valence-corrected chi connectivity index (χ1v) is 6.55. The predicted octanol–water partition coefficient (Wildman–Crippen LogP) is 3.31. The number of aromatic nitrogens is 2. The summed E-state index contributed by atoms with van der Waals surface area (Å²) in [5.74, 6) is 0. The van der Waals surface area contributed by atoms with E-state index in [2.05, 4.69) is 4.98 Å². The van der Waals surface area contributed by atoms with E-state index in [0.717, 1.165) is 22.0 Å². The van der Waals surface area contributed by atoms with Crippen LogP contribution in [0.5, 0.6) is 0 Å². The van der Waals surface area contributed by atoms with Crippen molar-refractivity contribution >= 4 is 27.5 Å². The lowest BCUT2D eigenvalue weighted by atomic mass is 10.1. The summed E-state index contributed by atoms with van der Waals surface area (Å²) in [4.78, 5) is 17.3. The molecule has 96 valence electrons. The van der Waals surface area contributed by atoms with Crippen molar-refractivity contribution in [3.8, 4) is 0 Å². The molecule has 4 aromatic rings. The van der Waals surface area contributed by atoms with E-state index in [1.165, 1.54) is 0 Å². The third-order valence-electron chi connectivity index (χ3n) is 3.72. The van der Waals surface area contributed by atoms with Gasteiger partial charge in [0.1, 0.15) is 5.65 Å². The zero-order valence-electron chi connectivity index (χ0n) is 11.0. The van der Waals surface area contributed by atoms with E-state index < -0.39 is 0 Å². The van der Waals surface area contributed by atoms with Crippen LogP contribution in [0.4, 0.5) is 0 Å². The molecule has 0 aliphatic heterocycles. The molecule has 0 unspecified atom stereocenters. The fourth-order valence-electron chi connectivity index (χ4n) is 2.75. The Labute approximate surface area is 115 Å². The molecule has 0 radical (unpaired) electrons. The molecule has 0 spiro atoms.